The first-order chi connectivity index (χ1) is 5.43. The van der Waals surface area contributed by atoms with Gasteiger partial charge in [-0.3, -0.25) is 0 Å². The van der Waals surface area contributed by atoms with Crippen molar-refractivity contribution in [1.29, 1.82) is 0 Å². The summed E-state index contributed by atoms with van der Waals surface area (Å²) in [6, 6.07) is 0. The Bertz CT molecular complexity index is 112. The van der Waals surface area contributed by atoms with Gasteiger partial charge in [-0.05, 0) is 39.0 Å². The molecule has 0 aromatic carbocycles. The third-order valence-corrected chi connectivity index (χ3v) is 2.43. The summed E-state index contributed by atoms with van der Waals surface area (Å²) >= 11 is 0. The third kappa shape index (κ3) is 3.60. The van der Waals surface area contributed by atoms with Gasteiger partial charge in [-0.15, -0.1) is 0 Å². The largest absolute Gasteiger partial charge is 0.0853 e. The van der Waals surface area contributed by atoms with Gasteiger partial charge < -0.3 is 0 Å². The zero-order valence-corrected chi connectivity index (χ0v) is 7.44. The summed E-state index contributed by atoms with van der Waals surface area (Å²) in [5.41, 5.74) is 1.67. The van der Waals surface area contributed by atoms with E-state index >= 15 is 0 Å². The average Bonchev–Trinajstić information content (AvgIpc) is 1.94. The molecule has 0 heteroatoms. The molecule has 0 aromatic rings. The van der Waals surface area contributed by atoms with Crippen molar-refractivity contribution in [2.24, 2.45) is 0 Å². The summed E-state index contributed by atoms with van der Waals surface area (Å²) in [5.74, 6) is 0. The Morgan fingerprint density at radius 3 is 2.09 bits per heavy atom. The molecular formula is C11H19. The molecule has 0 aliphatic heterocycles. The minimum absolute atomic E-state index is 0.981. The normalized spacial score (nSPS) is 20.6. The van der Waals surface area contributed by atoms with E-state index in [1.165, 1.54) is 44.9 Å². The molecule has 0 heterocycles. The Morgan fingerprint density at radius 1 is 1.00 bits per heavy atom. The molecule has 11 heavy (non-hydrogen) atoms. The van der Waals surface area contributed by atoms with Gasteiger partial charge in [-0.2, -0.15) is 0 Å². The summed E-state index contributed by atoms with van der Waals surface area (Å²) in [6.45, 7) is 3.86. The standard InChI is InChI=1S/C11H19/c1-2-8-11-9-6-4-3-5-7-10-11/h8H,1-7,9-10H2. The lowest BCUT2D eigenvalue weighted by Gasteiger charge is -2.11. The first-order valence-corrected chi connectivity index (χ1v) is 4.90. The second-order valence-electron chi connectivity index (χ2n) is 3.42. The van der Waals surface area contributed by atoms with Gasteiger partial charge in [0.05, 0.1) is 0 Å². The molecule has 0 bridgehead atoms. The predicted octanol–water partition coefficient (Wildman–Crippen LogP) is 3.88. The first kappa shape index (κ1) is 8.83. The van der Waals surface area contributed by atoms with Crippen LogP contribution in [-0.4, -0.2) is 0 Å². The van der Waals surface area contributed by atoms with Gasteiger partial charge in [-0.1, -0.05) is 30.9 Å². The molecule has 0 N–H and O–H groups in total. The number of hydrogen-bond donors (Lipinski definition) is 0. The topological polar surface area (TPSA) is 0 Å². The van der Waals surface area contributed by atoms with Gasteiger partial charge in [-0.25, -0.2) is 0 Å². The van der Waals surface area contributed by atoms with E-state index in [1.807, 2.05) is 0 Å². The van der Waals surface area contributed by atoms with Crippen LogP contribution in [0.15, 0.2) is 11.6 Å². The second kappa shape index (κ2) is 5.40. The Hall–Kier alpha value is -0.260. The monoisotopic (exact) mass is 151 g/mol. The van der Waals surface area contributed by atoms with Gasteiger partial charge in [0.2, 0.25) is 0 Å². The number of hydrogen-bond acceptors (Lipinski definition) is 0. The van der Waals surface area contributed by atoms with Gasteiger partial charge in [0, 0.05) is 0 Å². The summed E-state index contributed by atoms with van der Waals surface area (Å²) in [5, 5.41) is 0. The quantitative estimate of drug-likeness (QED) is 0.499. The molecule has 0 atom stereocenters. The van der Waals surface area contributed by atoms with Gasteiger partial charge in [0.25, 0.3) is 0 Å². The van der Waals surface area contributed by atoms with Crippen LogP contribution in [0.25, 0.3) is 0 Å². The SMILES string of the molecule is [CH2]CC=C1CCCCCCC1. The van der Waals surface area contributed by atoms with Crippen LogP contribution in [0.2, 0.25) is 0 Å². The zero-order chi connectivity index (χ0) is 7.94. The molecule has 1 aliphatic rings. The van der Waals surface area contributed by atoms with E-state index in [-0.39, 0.29) is 0 Å². The highest BCUT2D eigenvalue weighted by molar-refractivity contribution is 5.02. The molecule has 0 aromatic heterocycles. The number of rotatable bonds is 1. The van der Waals surface area contributed by atoms with Gasteiger partial charge in [0.1, 0.15) is 0 Å². The Morgan fingerprint density at radius 2 is 1.55 bits per heavy atom. The van der Waals surface area contributed by atoms with Crippen molar-refractivity contribution in [2.75, 3.05) is 0 Å². The Kier molecular flexibility index (Phi) is 4.33. The van der Waals surface area contributed by atoms with Crippen molar-refractivity contribution >= 4 is 0 Å². The van der Waals surface area contributed by atoms with E-state index in [0.29, 0.717) is 0 Å². The van der Waals surface area contributed by atoms with Crippen molar-refractivity contribution in [3.63, 3.8) is 0 Å². The van der Waals surface area contributed by atoms with E-state index in [0.717, 1.165) is 6.42 Å². The molecule has 1 radical (unpaired) electrons. The smallest absolute Gasteiger partial charge is 0.0320 e. The molecule has 0 unspecified atom stereocenters. The van der Waals surface area contributed by atoms with E-state index in [9.17, 15) is 0 Å². The van der Waals surface area contributed by atoms with Crippen LogP contribution < -0.4 is 0 Å². The highest BCUT2D eigenvalue weighted by Crippen LogP contribution is 2.21. The van der Waals surface area contributed by atoms with Crippen LogP contribution in [-0.2, 0) is 0 Å². The lowest BCUT2D eigenvalue weighted by molar-refractivity contribution is 0.567. The van der Waals surface area contributed by atoms with Crippen LogP contribution >= 0.6 is 0 Å². The van der Waals surface area contributed by atoms with Crippen molar-refractivity contribution in [2.45, 2.75) is 51.4 Å². The van der Waals surface area contributed by atoms with Gasteiger partial charge >= 0.3 is 0 Å². The highest BCUT2D eigenvalue weighted by atomic mass is 14.1. The Balaban J connectivity index is 2.31. The predicted molar refractivity (Wildman–Crippen MR) is 50.4 cm³/mol. The summed E-state index contributed by atoms with van der Waals surface area (Å²) in [6.07, 6.45) is 13.1. The van der Waals surface area contributed by atoms with Crippen LogP contribution in [0.3, 0.4) is 0 Å². The van der Waals surface area contributed by atoms with Crippen LogP contribution in [0, 0.1) is 6.92 Å². The highest BCUT2D eigenvalue weighted by Gasteiger charge is 2.01. The van der Waals surface area contributed by atoms with E-state index < -0.39 is 0 Å². The van der Waals surface area contributed by atoms with Crippen molar-refractivity contribution in [3.8, 4) is 0 Å². The lowest BCUT2D eigenvalue weighted by Crippen LogP contribution is -1.91. The molecule has 0 amide bonds. The minimum Gasteiger partial charge on any atom is -0.0853 e. The molecule has 0 spiro atoms. The van der Waals surface area contributed by atoms with E-state index in [4.69, 9.17) is 0 Å². The Labute approximate surface area is 70.7 Å². The molecular weight excluding hydrogens is 132 g/mol. The molecule has 63 valence electrons. The van der Waals surface area contributed by atoms with Crippen molar-refractivity contribution in [3.05, 3.63) is 18.6 Å². The molecule has 1 saturated carbocycles. The zero-order valence-electron chi connectivity index (χ0n) is 7.44. The number of allylic oxidation sites excluding steroid dienone is 2. The maximum absolute atomic E-state index is 3.86. The fourth-order valence-electron chi connectivity index (χ4n) is 1.77. The van der Waals surface area contributed by atoms with Crippen molar-refractivity contribution in [1.82, 2.24) is 0 Å². The lowest BCUT2D eigenvalue weighted by atomic mass is 9.96. The van der Waals surface area contributed by atoms with Crippen LogP contribution in [0.5, 0.6) is 0 Å². The molecule has 1 rings (SSSR count). The molecule has 0 saturated heterocycles. The summed E-state index contributed by atoms with van der Waals surface area (Å²) < 4.78 is 0. The molecule has 1 aliphatic carbocycles. The van der Waals surface area contributed by atoms with Crippen LogP contribution in [0.4, 0.5) is 0 Å². The van der Waals surface area contributed by atoms with Crippen molar-refractivity contribution < 1.29 is 0 Å². The summed E-state index contributed by atoms with van der Waals surface area (Å²) in [4.78, 5) is 0. The fraction of sp³-hybridized carbons (Fsp3) is 0.727. The fourth-order valence-corrected chi connectivity index (χ4v) is 1.77. The van der Waals surface area contributed by atoms with E-state index in [2.05, 4.69) is 13.0 Å². The third-order valence-electron chi connectivity index (χ3n) is 2.43. The summed E-state index contributed by atoms with van der Waals surface area (Å²) in [7, 11) is 0. The maximum atomic E-state index is 3.86. The maximum Gasteiger partial charge on any atom is -0.0320 e. The molecule has 0 nitrogen and oxygen atoms in total. The minimum atomic E-state index is 0.981. The van der Waals surface area contributed by atoms with Crippen LogP contribution in [0.1, 0.15) is 51.4 Å². The second-order valence-corrected chi connectivity index (χ2v) is 3.42. The molecule has 1 fully saturated rings. The average molecular weight is 151 g/mol. The van der Waals surface area contributed by atoms with Gasteiger partial charge in [0.15, 0.2) is 0 Å². The first-order valence-electron chi connectivity index (χ1n) is 4.90. The van der Waals surface area contributed by atoms with E-state index in [1.54, 1.807) is 5.57 Å².